The van der Waals surface area contributed by atoms with Gasteiger partial charge in [-0.2, -0.15) is 0 Å². The summed E-state index contributed by atoms with van der Waals surface area (Å²) in [6.45, 7) is 1.95. The van der Waals surface area contributed by atoms with Gasteiger partial charge < -0.3 is 10.1 Å². The molecule has 0 aliphatic carbocycles. The summed E-state index contributed by atoms with van der Waals surface area (Å²) in [5.74, 6) is 0.416. The van der Waals surface area contributed by atoms with Crippen LogP contribution in [0.3, 0.4) is 0 Å². The third-order valence-corrected chi connectivity index (χ3v) is 3.99. The third kappa shape index (κ3) is 5.97. The molecule has 0 aliphatic heterocycles. The molecule has 0 aromatic heterocycles. The Balaban J connectivity index is 1.51. The second-order valence-electron chi connectivity index (χ2n) is 6.01. The van der Waals surface area contributed by atoms with Crippen molar-refractivity contribution >= 4 is 35.1 Å². The monoisotopic (exact) mass is 378 g/mol. The zero-order valence-corrected chi connectivity index (χ0v) is 15.6. The van der Waals surface area contributed by atoms with E-state index in [2.05, 4.69) is 10.3 Å². The summed E-state index contributed by atoms with van der Waals surface area (Å²) in [7, 11) is 0. The average molecular weight is 379 g/mol. The van der Waals surface area contributed by atoms with E-state index in [0.717, 1.165) is 22.5 Å². The fraction of sp³-hybridized carbons (Fsp3) is 0.0909. The van der Waals surface area contributed by atoms with E-state index in [1.807, 2.05) is 61.5 Å². The van der Waals surface area contributed by atoms with Crippen LogP contribution in [0, 0.1) is 6.92 Å². The molecule has 0 radical (unpaired) electrons. The van der Waals surface area contributed by atoms with Crippen molar-refractivity contribution in [3.63, 3.8) is 0 Å². The van der Waals surface area contributed by atoms with E-state index in [1.54, 1.807) is 24.4 Å². The van der Waals surface area contributed by atoms with Crippen LogP contribution in [0.5, 0.6) is 5.75 Å². The molecule has 0 bridgehead atoms. The molecule has 0 spiro atoms. The molecule has 136 valence electrons. The molecule has 27 heavy (non-hydrogen) atoms. The van der Waals surface area contributed by atoms with Crippen LogP contribution in [0.1, 0.15) is 11.1 Å². The Morgan fingerprint density at radius 1 is 1.07 bits per heavy atom. The summed E-state index contributed by atoms with van der Waals surface area (Å²) >= 11 is 5.94. The second-order valence-corrected chi connectivity index (χ2v) is 6.45. The Morgan fingerprint density at radius 3 is 2.52 bits per heavy atom. The molecule has 3 rings (SSSR count). The van der Waals surface area contributed by atoms with Gasteiger partial charge >= 0.3 is 0 Å². The molecule has 3 aromatic carbocycles. The van der Waals surface area contributed by atoms with Crippen LogP contribution in [0.4, 0.5) is 11.4 Å². The molecular formula is C22H19ClN2O2. The zero-order chi connectivity index (χ0) is 19.1. The third-order valence-electron chi connectivity index (χ3n) is 3.76. The van der Waals surface area contributed by atoms with E-state index in [0.29, 0.717) is 10.8 Å². The summed E-state index contributed by atoms with van der Waals surface area (Å²) < 4.78 is 5.52. The SMILES string of the molecule is Cc1ccc(NC(=O)COc2ccc(C=Nc3cccc(Cl)c3)cc2)cc1. The highest BCUT2D eigenvalue weighted by Crippen LogP contribution is 2.18. The molecule has 4 nitrogen and oxygen atoms in total. The fourth-order valence-corrected chi connectivity index (χ4v) is 2.52. The number of nitrogens with zero attached hydrogens (tertiary/aromatic N) is 1. The highest BCUT2D eigenvalue weighted by atomic mass is 35.5. The molecule has 3 aromatic rings. The highest BCUT2D eigenvalue weighted by Gasteiger charge is 2.03. The Morgan fingerprint density at radius 2 is 1.81 bits per heavy atom. The van der Waals surface area contributed by atoms with E-state index in [-0.39, 0.29) is 12.5 Å². The Kier molecular flexibility index (Phi) is 6.23. The summed E-state index contributed by atoms with van der Waals surface area (Å²) in [6.07, 6.45) is 1.75. The number of aryl methyl sites for hydroxylation is 1. The van der Waals surface area contributed by atoms with Crippen molar-refractivity contribution in [2.75, 3.05) is 11.9 Å². The van der Waals surface area contributed by atoms with Crippen molar-refractivity contribution in [3.05, 3.63) is 88.9 Å². The number of ether oxygens (including phenoxy) is 1. The van der Waals surface area contributed by atoms with Crippen LogP contribution in [0.25, 0.3) is 0 Å². The number of anilines is 1. The number of nitrogens with one attached hydrogen (secondary N) is 1. The number of benzene rings is 3. The van der Waals surface area contributed by atoms with Gasteiger partial charge in [0.05, 0.1) is 5.69 Å². The molecule has 0 unspecified atom stereocenters. The maximum absolute atomic E-state index is 12.0. The molecule has 0 saturated carbocycles. The maximum Gasteiger partial charge on any atom is 0.262 e. The molecule has 1 amide bonds. The second kappa shape index (κ2) is 9.01. The molecule has 0 saturated heterocycles. The topological polar surface area (TPSA) is 50.7 Å². The molecule has 0 heterocycles. The van der Waals surface area contributed by atoms with Crippen LogP contribution < -0.4 is 10.1 Å². The lowest BCUT2D eigenvalue weighted by Gasteiger charge is -2.08. The lowest BCUT2D eigenvalue weighted by atomic mass is 10.2. The first-order chi connectivity index (χ1) is 13.1. The lowest BCUT2D eigenvalue weighted by Crippen LogP contribution is -2.20. The van der Waals surface area contributed by atoms with Gasteiger partial charge in [0.2, 0.25) is 0 Å². The molecular weight excluding hydrogens is 360 g/mol. The van der Waals surface area contributed by atoms with Gasteiger partial charge in [-0.3, -0.25) is 9.79 Å². The number of amides is 1. The standard InChI is InChI=1S/C22H19ClN2O2/c1-16-5-9-19(10-6-16)25-22(26)15-27-21-11-7-17(8-12-21)14-24-20-4-2-3-18(23)13-20/h2-14H,15H2,1H3,(H,25,26). The quantitative estimate of drug-likeness (QED) is 0.582. The van der Waals surface area contributed by atoms with Gasteiger partial charge in [-0.25, -0.2) is 0 Å². The molecule has 5 heteroatoms. The largest absolute Gasteiger partial charge is 0.484 e. The number of hydrogen-bond donors (Lipinski definition) is 1. The van der Waals surface area contributed by atoms with Crippen molar-refractivity contribution in [1.29, 1.82) is 0 Å². The Bertz CT molecular complexity index is 935. The first-order valence-electron chi connectivity index (χ1n) is 8.47. The minimum atomic E-state index is -0.203. The predicted molar refractivity (Wildman–Crippen MR) is 110 cm³/mol. The van der Waals surface area contributed by atoms with Gasteiger partial charge in [0.25, 0.3) is 5.91 Å². The number of halogens is 1. The first kappa shape index (κ1) is 18.7. The van der Waals surface area contributed by atoms with Crippen molar-refractivity contribution in [2.24, 2.45) is 4.99 Å². The summed E-state index contributed by atoms with van der Waals surface area (Å²) in [5.41, 5.74) is 3.60. The number of aliphatic imine (C=N–C) groups is 1. The van der Waals surface area contributed by atoms with Crippen molar-refractivity contribution in [1.82, 2.24) is 0 Å². The van der Waals surface area contributed by atoms with Crippen LogP contribution in [-0.4, -0.2) is 18.7 Å². The van der Waals surface area contributed by atoms with Gasteiger partial charge in [-0.1, -0.05) is 35.4 Å². The molecule has 0 fully saturated rings. The summed E-state index contributed by atoms with van der Waals surface area (Å²) in [5, 5.41) is 3.45. The van der Waals surface area contributed by atoms with Crippen LogP contribution in [-0.2, 0) is 4.79 Å². The lowest BCUT2D eigenvalue weighted by molar-refractivity contribution is -0.118. The smallest absolute Gasteiger partial charge is 0.262 e. The Hall–Kier alpha value is -3.11. The van der Waals surface area contributed by atoms with Crippen LogP contribution in [0.15, 0.2) is 77.8 Å². The minimum absolute atomic E-state index is 0.0518. The number of rotatable bonds is 6. The molecule has 0 aliphatic rings. The van der Waals surface area contributed by atoms with Crippen molar-refractivity contribution < 1.29 is 9.53 Å². The molecule has 1 N–H and O–H groups in total. The van der Waals surface area contributed by atoms with Gasteiger partial charge in [-0.05, 0) is 67.1 Å². The zero-order valence-electron chi connectivity index (χ0n) is 14.9. The van der Waals surface area contributed by atoms with Crippen LogP contribution in [0.2, 0.25) is 5.02 Å². The number of hydrogen-bond acceptors (Lipinski definition) is 3. The Labute approximate surface area is 163 Å². The van der Waals surface area contributed by atoms with E-state index >= 15 is 0 Å². The number of carbonyl (C=O) groups excluding carboxylic acids is 1. The van der Waals surface area contributed by atoms with Gasteiger partial charge in [0.15, 0.2) is 6.61 Å². The van der Waals surface area contributed by atoms with Gasteiger partial charge in [0, 0.05) is 16.9 Å². The normalized spacial score (nSPS) is 10.7. The fourth-order valence-electron chi connectivity index (χ4n) is 2.34. The summed E-state index contributed by atoms with van der Waals surface area (Å²) in [4.78, 5) is 16.3. The van der Waals surface area contributed by atoms with Gasteiger partial charge in [0.1, 0.15) is 5.75 Å². The van der Waals surface area contributed by atoms with E-state index in [9.17, 15) is 4.79 Å². The van der Waals surface area contributed by atoms with E-state index in [4.69, 9.17) is 16.3 Å². The number of carbonyl (C=O) groups is 1. The molecule has 0 atom stereocenters. The van der Waals surface area contributed by atoms with E-state index in [1.165, 1.54) is 0 Å². The predicted octanol–water partition coefficient (Wildman–Crippen LogP) is 5.42. The van der Waals surface area contributed by atoms with Crippen molar-refractivity contribution in [2.45, 2.75) is 6.92 Å². The maximum atomic E-state index is 12.0. The van der Waals surface area contributed by atoms with E-state index < -0.39 is 0 Å². The highest BCUT2D eigenvalue weighted by molar-refractivity contribution is 6.30. The minimum Gasteiger partial charge on any atom is -0.484 e. The summed E-state index contributed by atoms with van der Waals surface area (Å²) in [6, 6.07) is 22.3. The first-order valence-corrected chi connectivity index (χ1v) is 8.85. The average Bonchev–Trinajstić information content (AvgIpc) is 2.67. The van der Waals surface area contributed by atoms with Gasteiger partial charge in [-0.15, -0.1) is 0 Å². The van der Waals surface area contributed by atoms with Crippen LogP contribution >= 0.6 is 11.6 Å². The van der Waals surface area contributed by atoms with Crippen molar-refractivity contribution in [3.8, 4) is 5.75 Å².